The molecule has 0 unspecified atom stereocenters. The lowest BCUT2D eigenvalue weighted by atomic mass is 9.97. The van der Waals surface area contributed by atoms with Gasteiger partial charge in [0.25, 0.3) is 0 Å². The zero-order valence-corrected chi connectivity index (χ0v) is 16.3. The third-order valence-corrected chi connectivity index (χ3v) is 4.53. The van der Waals surface area contributed by atoms with Gasteiger partial charge in [-0.15, -0.1) is 6.42 Å². The second-order valence-electron chi connectivity index (χ2n) is 5.72. The van der Waals surface area contributed by atoms with Crippen LogP contribution < -0.4 is 9.47 Å². The zero-order chi connectivity index (χ0) is 19.2. The number of hydrogen-bond donors (Lipinski definition) is 0. The van der Waals surface area contributed by atoms with Gasteiger partial charge in [0.05, 0.1) is 18.8 Å². The molecule has 132 valence electrons. The van der Waals surface area contributed by atoms with Crippen molar-refractivity contribution >= 4 is 38.4 Å². The minimum absolute atomic E-state index is 0.106. The molecule has 0 aliphatic rings. The lowest BCUT2D eigenvalue weighted by Crippen LogP contribution is -1.99. The van der Waals surface area contributed by atoms with Crippen molar-refractivity contribution in [1.82, 2.24) is 0 Å². The second-order valence-corrected chi connectivity index (χ2v) is 6.63. The molecule has 0 radical (unpaired) electrons. The van der Waals surface area contributed by atoms with Gasteiger partial charge in [-0.25, -0.2) is 0 Å². The van der Waals surface area contributed by atoms with Crippen molar-refractivity contribution in [2.75, 3.05) is 13.7 Å². The summed E-state index contributed by atoms with van der Waals surface area (Å²) in [5, 5.41) is 11.9. The fourth-order valence-corrected chi connectivity index (χ4v) is 3.36. The predicted octanol–water partition coefficient (Wildman–Crippen LogP) is 5.69. The highest BCUT2D eigenvalue weighted by molar-refractivity contribution is 9.10. The standard InChI is InChI=1S/C23H16BrNO2/c1-3-11-27-23-17(13-19(24)14-22(23)26-2)12-18(15-25)21-10-6-8-16-7-4-5-9-20(16)21/h1,4-10,12-14H,11H2,2H3/b18-12-. The Bertz CT molecular complexity index is 1100. The molecule has 0 fully saturated rings. The van der Waals surface area contributed by atoms with E-state index in [9.17, 15) is 5.26 Å². The molecular weight excluding hydrogens is 402 g/mol. The number of rotatable bonds is 5. The van der Waals surface area contributed by atoms with E-state index in [1.54, 1.807) is 19.3 Å². The van der Waals surface area contributed by atoms with Crippen LogP contribution in [0.25, 0.3) is 22.4 Å². The van der Waals surface area contributed by atoms with Gasteiger partial charge in [-0.05, 0) is 29.0 Å². The van der Waals surface area contributed by atoms with Crippen LogP contribution >= 0.6 is 15.9 Å². The van der Waals surface area contributed by atoms with Crippen molar-refractivity contribution in [1.29, 1.82) is 5.26 Å². The van der Waals surface area contributed by atoms with Gasteiger partial charge in [0.15, 0.2) is 11.5 Å². The highest BCUT2D eigenvalue weighted by Crippen LogP contribution is 2.37. The van der Waals surface area contributed by atoms with E-state index in [0.717, 1.165) is 20.8 Å². The predicted molar refractivity (Wildman–Crippen MR) is 112 cm³/mol. The van der Waals surface area contributed by atoms with E-state index in [2.05, 4.69) is 27.9 Å². The normalized spacial score (nSPS) is 10.9. The van der Waals surface area contributed by atoms with Gasteiger partial charge < -0.3 is 9.47 Å². The SMILES string of the molecule is C#CCOc1c(/C=C(/C#N)c2cccc3ccccc23)cc(Br)cc1OC. The monoisotopic (exact) mass is 417 g/mol. The quantitative estimate of drug-likeness (QED) is 0.304. The molecule has 0 aromatic heterocycles. The maximum absolute atomic E-state index is 9.83. The van der Waals surface area contributed by atoms with Gasteiger partial charge >= 0.3 is 0 Å². The van der Waals surface area contributed by atoms with Crippen LogP contribution in [0.3, 0.4) is 0 Å². The number of halogens is 1. The molecule has 0 saturated heterocycles. The highest BCUT2D eigenvalue weighted by Gasteiger charge is 2.14. The Morgan fingerprint density at radius 2 is 1.96 bits per heavy atom. The molecule has 4 heteroatoms. The second kappa shape index (κ2) is 8.45. The first-order chi connectivity index (χ1) is 13.2. The number of fused-ring (bicyclic) bond motifs is 1. The van der Waals surface area contributed by atoms with Gasteiger partial charge in [0.1, 0.15) is 6.61 Å². The first-order valence-electron chi connectivity index (χ1n) is 8.21. The first-order valence-corrected chi connectivity index (χ1v) is 9.01. The average Bonchev–Trinajstić information content (AvgIpc) is 2.70. The summed E-state index contributed by atoms with van der Waals surface area (Å²) < 4.78 is 11.9. The molecule has 0 saturated carbocycles. The number of benzene rings is 3. The van der Waals surface area contributed by atoms with Crippen LogP contribution in [0.1, 0.15) is 11.1 Å². The van der Waals surface area contributed by atoms with Crippen molar-refractivity contribution in [3.63, 3.8) is 0 Å². The van der Waals surface area contributed by atoms with Crippen molar-refractivity contribution < 1.29 is 9.47 Å². The van der Waals surface area contributed by atoms with Gasteiger partial charge in [-0.3, -0.25) is 0 Å². The number of nitrogens with zero attached hydrogens (tertiary/aromatic N) is 1. The largest absolute Gasteiger partial charge is 0.493 e. The molecule has 3 aromatic rings. The van der Waals surface area contributed by atoms with Crippen molar-refractivity contribution in [2.45, 2.75) is 0 Å². The number of allylic oxidation sites excluding steroid dienone is 1. The van der Waals surface area contributed by atoms with Crippen molar-refractivity contribution in [3.05, 3.63) is 70.2 Å². The lowest BCUT2D eigenvalue weighted by Gasteiger charge is -2.13. The van der Waals surface area contributed by atoms with E-state index in [1.807, 2.05) is 48.5 Å². The van der Waals surface area contributed by atoms with Gasteiger partial charge in [-0.2, -0.15) is 5.26 Å². The molecule has 3 nitrogen and oxygen atoms in total. The molecular formula is C23H16BrNO2. The molecule has 0 spiro atoms. The molecule has 3 aromatic carbocycles. The average molecular weight is 418 g/mol. The molecule has 0 N–H and O–H groups in total. The van der Waals surface area contributed by atoms with Gasteiger partial charge in [0.2, 0.25) is 0 Å². The number of hydrogen-bond acceptors (Lipinski definition) is 3. The first kappa shape index (κ1) is 18.6. The fourth-order valence-electron chi connectivity index (χ4n) is 2.90. The third kappa shape index (κ3) is 3.97. The molecule has 3 rings (SSSR count). The van der Waals surface area contributed by atoms with E-state index in [0.29, 0.717) is 22.6 Å². The van der Waals surface area contributed by atoms with Gasteiger partial charge in [0, 0.05) is 15.6 Å². The smallest absolute Gasteiger partial charge is 0.169 e. The highest BCUT2D eigenvalue weighted by atomic mass is 79.9. The maximum Gasteiger partial charge on any atom is 0.169 e. The van der Waals surface area contributed by atoms with E-state index in [4.69, 9.17) is 15.9 Å². The van der Waals surface area contributed by atoms with Crippen LogP contribution in [0.2, 0.25) is 0 Å². The topological polar surface area (TPSA) is 42.2 Å². The Labute approximate surface area is 167 Å². The summed E-state index contributed by atoms with van der Waals surface area (Å²) in [4.78, 5) is 0. The molecule has 0 aliphatic carbocycles. The van der Waals surface area contributed by atoms with E-state index in [-0.39, 0.29) is 6.61 Å². The van der Waals surface area contributed by atoms with Crippen LogP contribution in [0.5, 0.6) is 11.5 Å². The molecule has 0 bridgehead atoms. The summed E-state index contributed by atoms with van der Waals surface area (Å²) in [6, 6.07) is 19.9. The number of nitriles is 1. The Morgan fingerprint density at radius 3 is 2.70 bits per heavy atom. The summed E-state index contributed by atoms with van der Waals surface area (Å²) >= 11 is 3.48. The Morgan fingerprint density at radius 1 is 1.19 bits per heavy atom. The third-order valence-electron chi connectivity index (χ3n) is 4.07. The zero-order valence-electron chi connectivity index (χ0n) is 14.7. The van der Waals surface area contributed by atoms with Crippen LogP contribution in [0.15, 0.2) is 59.1 Å². The van der Waals surface area contributed by atoms with Crippen LogP contribution in [-0.4, -0.2) is 13.7 Å². The Hall–Kier alpha value is -3.21. The van der Waals surface area contributed by atoms with Gasteiger partial charge in [-0.1, -0.05) is 64.3 Å². The molecule has 27 heavy (non-hydrogen) atoms. The van der Waals surface area contributed by atoms with E-state index >= 15 is 0 Å². The maximum atomic E-state index is 9.83. The van der Waals surface area contributed by atoms with E-state index < -0.39 is 0 Å². The molecule has 0 atom stereocenters. The molecule has 0 aliphatic heterocycles. The van der Waals surface area contributed by atoms with Crippen LogP contribution in [0, 0.1) is 23.7 Å². The summed E-state index contributed by atoms with van der Waals surface area (Å²) in [6.07, 6.45) is 7.13. The number of terminal acetylenes is 1. The summed E-state index contributed by atoms with van der Waals surface area (Å²) in [5.41, 5.74) is 2.09. The summed E-state index contributed by atoms with van der Waals surface area (Å²) in [6.45, 7) is 0.106. The van der Waals surface area contributed by atoms with Crippen molar-refractivity contribution in [2.24, 2.45) is 0 Å². The Balaban J connectivity index is 2.20. The van der Waals surface area contributed by atoms with Crippen LogP contribution in [-0.2, 0) is 0 Å². The van der Waals surface area contributed by atoms with E-state index in [1.165, 1.54) is 0 Å². The minimum Gasteiger partial charge on any atom is -0.493 e. The number of methoxy groups -OCH3 is 1. The molecule has 0 heterocycles. The lowest BCUT2D eigenvalue weighted by molar-refractivity contribution is 0.330. The Kier molecular flexibility index (Phi) is 5.81. The summed E-state index contributed by atoms with van der Waals surface area (Å²) in [7, 11) is 1.56. The van der Waals surface area contributed by atoms with Crippen molar-refractivity contribution in [3.8, 4) is 29.9 Å². The van der Waals surface area contributed by atoms with Crippen LogP contribution in [0.4, 0.5) is 0 Å². The number of ether oxygens (including phenoxy) is 2. The fraction of sp³-hybridized carbons (Fsp3) is 0.0870. The minimum atomic E-state index is 0.106. The summed E-state index contributed by atoms with van der Waals surface area (Å²) in [5.74, 6) is 3.51. The molecule has 0 amide bonds.